The molecule has 130 valence electrons. The van der Waals surface area contributed by atoms with Crippen LogP contribution in [0.3, 0.4) is 0 Å². The monoisotopic (exact) mass is 333 g/mol. The zero-order chi connectivity index (χ0) is 17.5. The number of H-pyrrole nitrogens is 1. The van der Waals surface area contributed by atoms with Gasteiger partial charge in [-0.1, -0.05) is 0 Å². The molecule has 24 heavy (non-hydrogen) atoms. The smallest absolute Gasteiger partial charge is 0.328 e. The van der Waals surface area contributed by atoms with Crippen molar-refractivity contribution in [2.24, 2.45) is 7.05 Å². The molecule has 8 heteroatoms. The van der Waals surface area contributed by atoms with Crippen molar-refractivity contribution < 1.29 is 5.11 Å². The van der Waals surface area contributed by atoms with Crippen LogP contribution in [0.15, 0.2) is 28.2 Å². The third-order valence-corrected chi connectivity index (χ3v) is 4.73. The molecule has 2 aromatic heterocycles. The molecule has 0 radical (unpaired) electrons. The first kappa shape index (κ1) is 16.7. The predicted octanol–water partition coefficient (Wildman–Crippen LogP) is -0.223. The van der Waals surface area contributed by atoms with E-state index in [0.29, 0.717) is 25.1 Å². The molecule has 2 atom stereocenters. The highest BCUT2D eigenvalue weighted by Gasteiger charge is 2.39. The third-order valence-electron chi connectivity index (χ3n) is 4.73. The van der Waals surface area contributed by atoms with E-state index in [1.807, 2.05) is 19.4 Å². The molecule has 1 aliphatic heterocycles. The Bertz CT molecular complexity index is 848. The van der Waals surface area contributed by atoms with Crippen LogP contribution in [0.2, 0.25) is 0 Å². The molecule has 0 aromatic carbocycles. The largest absolute Gasteiger partial charge is 0.388 e. The molecule has 2 N–H and O–H groups in total. The Morgan fingerprint density at radius 1 is 1.42 bits per heavy atom. The van der Waals surface area contributed by atoms with E-state index in [9.17, 15) is 14.7 Å². The minimum Gasteiger partial charge on any atom is -0.388 e. The van der Waals surface area contributed by atoms with Crippen molar-refractivity contribution in [1.29, 1.82) is 0 Å². The van der Waals surface area contributed by atoms with Crippen LogP contribution in [0, 0.1) is 6.92 Å². The van der Waals surface area contributed by atoms with E-state index in [-0.39, 0.29) is 5.56 Å². The first-order chi connectivity index (χ1) is 11.3. The topological polar surface area (TPSA) is 96.2 Å². The van der Waals surface area contributed by atoms with Crippen molar-refractivity contribution in [1.82, 2.24) is 24.2 Å². The molecule has 0 saturated carbocycles. The van der Waals surface area contributed by atoms with Gasteiger partial charge in [0.2, 0.25) is 0 Å². The molecule has 0 bridgehead atoms. The first-order valence-electron chi connectivity index (χ1n) is 8.00. The van der Waals surface area contributed by atoms with E-state index >= 15 is 0 Å². The summed E-state index contributed by atoms with van der Waals surface area (Å²) in [5, 5.41) is 14.9. The predicted molar refractivity (Wildman–Crippen MR) is 88.8 cm³/mol. The molecular weight excluding hydrogens is 310 g/mol. The van der Waals surface area contributed by atoms with Gasteiger partial charge < -0.3 is 5.11 Å². The van der Waals surface area contributed by atoms with Crippen LogP contribution in [0.25, 0.3) is 0 Å². The van der Waals surface area contributed by atoms with E-state index in [1.165, 1.54) is 10.8 Å². The fraction of sp³-hybridized carbons (Fsp3) is 0.562. The maximum atomic E-state index is 12.2. The molecular formula is C16H23N5O3. The van der Waals surface area contributed by atoms with Gasteiger partial charge in [0.05, 0.1) is 17.8 Å². The van der Waals surface area contributed by atoms with E-state index in [4.69, 9.17) is 0 Å². The summed E-state index contributed by atoms with van der Waals surface area (Å²) < 4.78 is 3.20. The van der Waals surface area contributed by atoms with Crippen LogP contribution < -0.4 is 11.2 Å². The molecule has 3 rings (SSSR count). The van der Waals surface area contributed by atoms with E-state index in [0.717, 1.165) is 12.1 Å². The number of rotatable bonds is 3. The summed E-state index contributed by atoms with van der Waals surface area (Å²) in [4.78, 5) is 28.3. The quantitative estimate of drug-likeness (QED) is 0.809. The summed E-state index contributed by atoms with van der Waals surface area (Å²) in [6.45, 7) is 5.35. The lowest BCUT2D eigenvalue weighted by atomic mass is 9.88. The second-order valence-electron chi connectivity index (χ2n) is 6.86. The number of aromatic nitrogens is 4. The summed E-state index contributed by atoms with van der Waals surface area (Å²) in [6, 6.07) is -0.425. The van der Waals surface area contributed by atoms with Gasteiger partial charge >= 0.3 is 5.69 Å². The summed E-state index contributed by atoms with van der Waals surface area (Å²) in [7, 11) is 1.87. The van der Waals surface area contributed by atoms with Crippen molar-refractivity contribution >= 4 is 0 Å². The summed E-state index contributed by atoms with van der Waals surface area (Å²) in [6.07, 6.45) is 5.85. The van der Waals surface area contributed by atoms with Gasteiger partial charge in [0, 0.05) is 50.2 Å². The SMILES string of the molecule is Cc1cn([C@@H]2CN(Cc3cnn(C)c3)CC[C@@]2(C)O)c(=O)[nH]c1=O. The Balaban J connectivity index is 1.88. The van der Waals surface area contributed by atoms with Crippen LogP contribution >= 0.6 is 0 Å². The standard InChI is InChI=1S/C16H23N5O3/c1-11-7-21(15(23)18-14(11)22)13-10-20(5-4-16(13,2)24)9-12-6-17-19(3)8-12/h6-8,13,24H,4-5,9-10H2,1-3H3,(H,18,22,23)/t13-,16-/m1/s1. The number of piperidine rings is 1. The molecule has 0 amide bonds. The molecule has 1 aliphatic rings. The molecule has 1 fully saturated rings. The second-order valence-corrected chi connectivity index (χ2v) is 6.86. The van der Waals surface area contributed by atoms with Crippen LogP contribution in [0.1, 0.15) is 30.5 Å². The summed E-state index contributed by atoms with van der Waals surface area (Å²) in [5.74, 6) is 0. The fourth-order valence-corrected chi connectivity index (χ4v) is 3.24. The number of hydrogen-bond donors (Lipinski definition) is 2. The van der Waals surface area contributed by atoms with Crippen molar-refractivity contribution in [3.63, 3.8) is 0 Å². The van der Waals surface area contributed by atoms with Gasteiger partial charge in [-0.15, -0.1) is 0 Å². The number of nitrogens with zero attached hydrogens (tertiary/aromatic N) is 4. The van der Waals surface area contributed by atoms with Gasteiger partial charge in [0.15, 0.2) is 0 Å². The lowest BCUT2D eigenvalue weighted by molar-refractivity contribution is -0.0543. The van der Waals surface area contributed by atoms with Crippen LogP contribution in [0.5, 0.6) is 0 Å². The summed E-state index contributed by atoms with van der Waals surface area (Å²) in [5.41, 5.74) is -0.351. The average Bonchev–Trinajstić information content (AvgIpc) is 2.90. The van der Waals surface area contributed by atoms with Crippen LogP contribution in [0.4, 0.5) is 0 Å². The Morgan fingerprint density at radius 2 is 2.17 bits per heavy atom. The van der Waals surface area contributed by atoms with Gasteiger partial charge in [-0.25, -0.2) is 4.79 Å². The molecule has 2 aromatic rings. The minimum atomic E-state index is -1.01. The third kappa shape index (κ3) is 3.20. The maximum Gasteiger partial charge on any atom is 0.328 e. The number of nitrogens with one attached hydrogen (secondary N) is 1. The zero-order valence-electron chi connectivity index (χ0n) is 14.2. The number of hydrogen-bond acceptors (Lipinski definition) is 5. The number of aliphatic hydroxyl groups is 1. The Labute approximate surface area is 139 Å². The molecule has 0 unspecified atom stereocenters. The molecule has 3 heterocycles. The van der Waals surface area contributed by atoms with Crippen molar-refractivity contribution in [3.8, 4) is 0 Å². The first-order valence-corrected chi connectivity index (χ1v) is 8.00. The normalized spacial score (nSPS) is 25.1. The second kappa shape index (κ2) is 6.03. The van der Waals surface area contributed by atoms with Crippen molar-refractivity contribution in [2.75, 3.05) is 13.1 Å². The van der Waals surface area contributed by atoms with Gasteiger partial charge in [0.1, 0.15) is 0 Å². The van der Waals surface area contributed by atoms with Gasteiger partial charge in [-0.05, 0) is 20.3 Å². The summed E-state index contributed by atoms with van der Waals surface area (Å²) >= 11 is 0. The van der Waals surface area contributed by atoms with E-state index in [1.54, 1.807) is 18.5 Å². The van der Waals surface area contributed by atoms with Gasteiger partial charge in [0.25, 0.3) is 5.56 Å². The minimum absolute atomic E-state index is 0.390. The molecule has 0 spiro atoms. The van der Waals surface area contributed by atoms with Crippen LogP contribution in [-0.4, -0.2) is 48.0 Å². The van der Waals surface area contributed by atoms with E-state index in [2.05, 4.69) is 15.0 Å². The zero-order valence-corrected chi connectivity index (χ0v) is 14.2. The fourth-order valence-electron chi connectivity index (χ4n) is 3.24. The van der Waals surface area contributed by atoms with Gasteiger partial charge in [-0.3, -0.25) is 23.9 Å². The average molecular weight is 333 g/mol. The molecule has 0 aliphatic carbocycles. The molecule has 8 nitrogen and oxygen atoms in total. The van der Waals surface area contributed by atoms with Crippen molar-refractivity contribution in [2.45, 2.75) is 38.5 Å². The van der Waals surface area contributed by atoms with Crippen LogP contribution in [-0.2, 0) is 13.6 Å². The number of aryl methyl sites for hydroxylation is 2. The Hall–Kier alpha value is -2.19. The van der Waals surface area contributed by atoms with Crippen molar-refractivity contribution in [3.05, 3.63) is 50.6 Å². The number of aromatic amines is 1. The van der Waals surface area contributed by atoms with Gasteiger partial charge in [-0.2, -0.15) is 5.10 Å². The van der Waals surface area contributed by atoms with E-state index < -0.39 is 17.3 Å². The highest BCUT2D eigenvalue weighted by atomic mass is 16.3. The Kier molecular flexibility index (Phi) is 4.18. The Morgan fingerprint density at radius 3 is 2.83 bits per heavy atom. The lowest BCUT2D eigenvalue weighted by Gasteiger charge is -2.43. The molecule has 1 saturated heterocycles. The maximum absolute atomic E-state index is 12.2. The highest BCUT2D eigenvalue weighted by Crippen LogP contribution is 2.31. The highest BCUT2D eigenvalue weighted by molar-refractivity contribution is 5.07. The lowest BCUT2D eigenvalue weighted by Crippen LogP contribution is -2.53. The number of likely N-dealkylation sites (tertiary alicyclic amines) is 1.